The van der Waals surface area contributed by atoms with Gasteiger partial charge in [-0.05, 0) is 11.1 Å². The van der Waals surface area contributed by atoms with Gasteiger partial charge >= 0.3 is 12.1 Å². The number of benzene rings is 1. The number of aliphatic carboxylic acids is 1. The molecule has 2 unspecified atom stereocenters. The minimum absolute atomic E-state index is 0.0775. The number of hydrogen-bond acceptors (Lipinski definition) is 5. The van der Waals surface area contributed by atoms with Crippen molar-refractivity contribution >= 4 is 11.7 Å². The Morgan fingerprint density at radius 3 is 2.81 bits per heavy atom. The van der Waals surface area contributed by atoms with Crippen molar-refractivity contribution < 1.29 is 27.8 Å². The molecule has 1 aromatic carbocycles. The average molecular weight is 383 g/mol. The Balaban J connectivity index is 1.92. The largest absolute Gasteiger partial charge is 0.481 e. The molecule has 1 aliphatic carbocycles. The predicted molar refractivity (Wildman–Crippen MR) is 88.4 cm³/mol. The summed E-state index contributed by atoms with van der Waals surface area (Å²) in [6, 6.07) is 6.44. The van der Waals surface area contributed by atoms with Gasteiger partial charge in [0.2, 0.25) is 0 Å². The van der Waals surface area contributed by atoms with E-state index in [2.05, 4.69) is 10.4 Å². The number of hydrogen-bond donors (Lipinski definition) is 3. The van der Waals surface area contributed by atoms with E-state index in [1.54, 1.807) is 23.3 Å². The van der Waals surface area contributed by atoms with Crippen molar-refractivity contribution in [1.29, 1.82) is 0 Å². The molecule has 3 N–H and O–H groups in total. The number of halogens is 3. The van der Waals surface area contributed by atoms with Crippen LogP contribution >= 0.6 is 0 Å². The summed E-state index contributed by atoms with van der Waals surface area (Å²) in [7, 11) is 0. The molecule has 0 bridgehead atoms. The topological polar surface area (TPSA) is 104 Å². The van der Waals surface area contributed by atoms with Crippen molar-refractivity contribution in [1.82, 2.24) is 10.2 Å². The molecule has 2 aromatic rings. The number of rotatable bonds is 6. The van der Waals surface area contributed by atoms with Crippen LogP contribution in [0.5, 0.6) is 0 Å². The maximum Gasteiger partial charge on any atom is 0.423 e. The maximum atomic E-state index is 13.3. The number of aromatic nitrogens is 2. The van der Waals surface area contributed by atoms with E-state index in [4.69, 9.17) is 9.84 Å². The summed E-state index contributed by atoms with van der Waals surface area (Å²) in [5.74, 6) is -1.03. The number of fused-ring (bicyclic) bond motifs is 1. The van der Waals surface area contributed by atoms with Crippen LogP contribution in [-0.2, 0) is 22.1 Å². The van der Waals surface area contributed by atoms with E-state index in [0.717, 1.165) is 17.3 Å². The summed E-state index contributed by atoms with van der Waals surface area (Å²) in [5, 5.41) is 16.7. The Morgan fingerprint density at radius 1 is 1.37 bits per heavy atom. The first-order valence-corrected chi connectivity index (χ1v) is 8.10. The average Bonchev–Trinajstić information content (AvgIpc) is 2.91. The fourth-order valence-electron chi connectivity index (χ4n) is 3.14. The predicted octanol–water partition coefficient (Wildman–Crippen LogP) is 2.36. The van der Waals surface area contributed by atoms with Crippen molar-refractivity contribution in [2.75, 3.05) is 11.9 Å². The van der Waals surface area contributed by atoms with Crippen LogP contribution in [0, 0.1) is 0 Å². The van der Waals surface area contributed by atoms with Gasteiger partial charge in [-0.3, -0.25) is 9.59 Å². The second-order valence-electron chi connectivity index (χ2n) is 6.06. The maximum absolute atomic E-state index is 13.3. The summed E-state index contributed by atoms with van der Waals surface area (Å²) in [5.41, 5.74) is -1.57. The molecule has 1 aromatic heterocycles. The Bertz CT molecular complexity index is 897. The van der Waals surface area contributed by atoms with Crippen molar-refractivity contribution in [2.45, 2.75) is 31.2 Å². The number of H-pyrrole nitrogens is 1. The zero-order chi connectivity index (χ0) is 19.6. The van der Waals surface area contributed by atoms with E-state index in [9.17, 15) is 22.8 Å². The first-order chi connectivity index (χ1) is 12.8. The standard InChI is InChI=1S/C17H16F3N3O4/c18-17(19,20)14-11(8-21-23-16(14)26)22-15-10-4-2-1-3-9(10)7-12(15)27-6-5-13(24)25/h1-4,8,12,15H,5-7H2,(H,24,25)(H2,22,23,26). The van der Waals surface area contributed by atoms with Gasteiger partial charge in [-0.1, -0.05) is 24.3 Å². The molecule has 0 saturated heterocycles. The number of carboxylic acid groups (broad SMARTS) is 1. The van der Waals surface area contributed by atoms with Gasteiger partial charge < -0.3 is 15.2 Å². The van der Waals surface area contributed by atoms with E-state index in [-0.39, 0.29) is 13.0 Å². The Kier molecular flexibility index (Phi) is 5.17. The third-order valence-corrected chi connectivity index (χ3v) is 4.28. The van der Waals surface area contributed by atoms with E-state index >= 15 is 0 Å². The fourth-order valence-corrected chi connectivity index (χ4v) is 3.14. The number of ether oxygens (including phenoxy) is 1. The molecule has 10 heteroatoms. The number of nitrogens with one attached hydrogen (secondary N) is 2. The van der Waals surface area contributed by atoms with Crippen molar-refractivity contribution in [3.8, 4) is 0 Å². The first-order valence-electron chi connectivity index (χ1n) is 8.10. The van der Waals surface area contributed by atoms with E-state index in [1.807, 2.05) is 6.07 Å². The van der Waals surface area contributed by atoms with Gasteiger partial charge in [0.1, 0.15) is 5.56 Å². The molecule has 7 nitrogen and oxygen atoms in total. The lowest BCUT2D eigenvalue weighted by Crippen LogP contribution is -2.30. The van der Waals surface area contributed by atoms with Crippen LogP contribution in [0.1, 0.15) is 29.2 Å². The first kappa shape index (κ1) is 18.9. The van der Waals surface area contributed by atoms with Crippen LogP contribution in [0.4, 0.5) is 18.9 Å². The second-order valence-corrected chi connectivity index (χ2v) is 6.06. The molecule has 1 aliphatic rings. The summed E-state index contributed by atoms with van der Waals surface area (Å²) in [6.07, 6.45) is -4.36. The molecule has 0 fully saturated rings. The van der Waals surface area contributed by atoms with E-state index in [1.165, 1.54) is 0 Å². The summed E-state index contributed by atoms with van der Waals surface area (Å²) < 4.78 is 45.5. The molecule has 3 rings (SSSR count). The lowest BCUT2D eigenvalue weighted by atomic mass is 10.1. The summed E-state index contributed by atoms with van der Waals surface area (Å²) >= 11 is 0. The number of aromatic amines is 1. The molecule has 0 radical (unpaired) electrons. The third-order valence-electron chi connectivity index (χ3n) is 4.28. The lowest BCUT2D eigenvalue weighted by molar-refractivity contribution is -0.139. The van der Waals surface area contributed by atoms with E-state index in [0.29, 0.717) is 6.42 Å². The van der Waals surface area contributed by atoms with Crippen LogP contribution in [0.2, 0.25) is 0 Å². The number of carboxylic acids is 1. The highest BCUT2D eigenvalue weighted by atomic mass is 19.4. The number of nitrogens with zero attached hydrogens (tertiary/aromatic N) is 1. The summed E-state index contributed by atoms with van der Waals surface area (Å²) in [6.45, 7) is -0.0775. The molecule has 144 valence electrons. The minimum Gasteiger partial charge on any atom is -0.481 e. The molecule has 1 heterocycles. The molecule has 0 amide bonds. The SMILES string of the molecule is O=C(O)CCOC1Cc2ccccc2C1Nc1cn[nH]c(=O)c1C(F)(F)F. The van der Waals surface area contributed by atoms with Gasteiger partial charge in [-0.15, -0.1) is 0 Å². The van der Waals surface area contributed by atoms with Gasteiger partial charge in [0.05, 0.1) is 37.1 Å². The van der Waals surface area contributed by atoms with Crippen LogP contribution < -0.4 is 10.9 Å². The molecule has 0 spiro atoms. The third kappa shape index (κ3) is 4.11. The fraction of sp³-hybridized carbons (Fsp3) is 0.353. The van der Waals surface area contributed by atoms with Gasteiger partial charge in [0, 0.05) is 6.42 Å². The van der Waals surface area contributed by atoms with Gasteiger partial charge in [-0.2, -0.15) is 18.3 Å². The van der Waals surface area contributed by atoms with Crippen LogP contribution in [-0.4, -0.2) is 34.0 Å². The van der Waals surface area contributed by atoms with E-state index < -0.39 is 41.1 Å². The quantitative estimate of drug-likeness (QED) is 0.708. The Morgan fingerprint density at radius 2 is 2.11 bits per heavy atom. The van der Waals surface area contributed by atoms with Gasteiger partial charge in [0.25, 0.3) is 5.56 Å². The van der Waals surface area contributed by atoms with Crippen molar-refractivity contribution in [3.63, 3.8) is 0 Å². The molecular weight excluding hydrogens is 367 g/mol. The van der Waals surface area contributed by atoms with Crippen LogP contribution in [0.15, 0.2) is 35.3 Å². The second kappa shape index (κ2) is 7.39. The monoisotopic (exact) mass is 383 g/mol. The zero-order valence-corrected chi connectivity index (χ0v) is 13.9. The number of alkyl halides is 3. The summed E-state index contributed by atoms with van der Waals surface area (Å²) in [4.78, 5) is 22.3. The Labute approximate surface area is 151 Å². The molecule has 27 heavy (non-hydrogen) atoms. The van der Waals surface area contributed by atoms with Crippen molar-refractivity contribution in [3.05, 3.63) is 57.5 Å². The van der Waals surface area contributed by atoms with Crippen molar-refractivity contribution in [2.24, 2.45) is 0 Å². The highest BCUT2D eigenvalue weighted by Gasteiger charge is 2.40. The van der Waals surface area contributed by atoms with Gasteiger partial charge in [0.15, 0.2) is 0 Å². The van der Waals surface area contributed by atoms with Gasteiger partial charge in [-0.25, -0.2) is 5.10 Å². The molecule has 2 atom stereocenters. The van der Waals surface area contributed by atoms with Crippen LogP contribution in [0.3, 0.4) is 0 Å². The highest BCUT2D eigenvalue weighted by Crippen LogP contribution is 2.38. The Hall–Kier alpha value is -2.88. The molecule has 0 saturated carbocycles. The minimum atomic E-state index is -4.86. The smallest absolute Gasteiger partial charge is 0.423 e. The molecule has 0 aliphatic heterocycles. The number of anilines is 1. The van der Waals surface area contributed by atoms with Crippen LogP contribution in [0.25, 0.3) is 0 Å². The highest BCUT2D eigenvalue weighted by molar-refractivity contribution is 5.66. The lowest BCUT2D eigenvalue weighted by Gasteiger charge is -2.24. The number of carbonyl (C=O) groups is 1. The molecular formula is C17H16F3N3O4. The zero-order valence-electron chi connectivity index (χ0n) is 13.9. The normalized spacial score (nSPS) is 18.9.